The molecule has 0 aliphatic carbocycles. The number of aryl methyl sites for hydroxylation is 1. The molecule has 1 aromatic heterocycles. The Labute approximate surface area is 199 Å². The summed E-state index contributed by atoms with van der Waals surface area (Å²) in [5.41, 5.74) is 6.21. The number of benzene rings is 4. The van der Waals surface area contributed by atoms with Gasteiger partial charge in [-0.15, -0.1) is 0 Å². The number of nitrogens with zero attached hydrogens (tertiary/aromatic N) is 2. The van der Waals surface area contributed by atoms with Crippen molar-refractivity contribution in [1.29, 1.82) is 0 Å². The average Bonchev–Trinajstić information content (AvgIpc) is 3.24. The third kappa shape index (κ3) is 4.76. The molecule has 0 aliphatic rings. The summed E-state index contributed by atoms with van der Waals surface area (Å²) in [6, 6.07) is 36.1. The molecule has 34 heavy (non-hydrogen) atoms. The van der Waals surface area contributed by atoms with Crippen LogP contribution in [0.25, 0.3) is 11.0 Å². The second kappa shape index (κ2) is 9.75. The SMILES string of the molecule is Cc1ccc(Cn2c([C@@H](Cc3ccccc3)NC(=O)c3ccccc3)nc3ccccc32)cc1. The van der Waals surface area contributed by atoms with E-state index in [-0.39, 0.29) is 11.9 Å². The molecule has 4 heteroatoms. The first kappa shape index (κ1) is 21.7. The van der Waals surface area contributed by atoms with Crippen LogP contribution in [0.5, 0.6) is 0 Å². The molecule has 1 atom stereocenters. The van der Waals surface area contributed by atoms with Crippen molar-refractivity contribution >= 4 is 16.9 Å². The number of para-hydroxylation sites is 2. The van der Waals surface area contributed by atoms with E-state index in [1.165, 1.54) is 11.1 Å². The molecule has 0 bridgehead atoms. The van der Waals surface area contributed by atoms with Crippen LogP contribution in [0.2, 0.25) is 0 Å². The Morgan fingerprint density at radius 3 is 2.18 bits per heavy atom. The Morgan fingerprint density at radius 1 is 0.794 bits per heavy atom. The maximum absolute atomic E-state index is 13.2. The van der Waals surface area contributed by atoms with Crippen LogP contribution >= 0.6 is 0 Å². The first-order valence-corrected chi connectivity index (χ1v) is 11.6. The number of aromatic nitrogens is 2. The Hall–Kier alpha value is -4.18. The topological polar surface area (TPSA) is 46.9 Å². The smallest absolute Gasteiger partial charge is 0.251 e. The van der Waals surface area contributed by atoms with Crippen LogP contribution in [0.1, 0.15) is 38.9 Å². The highest BCUT2D eigenvalue weighted by molar-refractivity contribution is 5.94. The van der Waals surface area contributed by atoms with Crippen LogP contribution in [-0.2, 0) is 13.0 Å². The zero-order valence-corrected chi connectivity index (χ0v) is 19.2. The zero-order chi connectivity index (χ0) is 23.3. The lowest BCUT2D eigenvalue weighted by atomic mass is 10.0. The normalized spacial score (nSPS) is 11.9. The molecule has 5 rings (SSSR count). The summed E-state index contributed by atoms with van der Waals surface area (Å²) in [6.45, 7) is 2.78. The van der Waals surface area contributed by atoms with Gasteiger partial charge in [-0.1, -0.05) is 90.5 Å². The lowest BCUT2D eigenvalue weighted by Crippen LogP contribution is -2.32. The van der Waals surface area contributed by atoms with Crippen molar-refractivity contribution in [1.82, 2.24) is 14.9 Å². The van der Waals surface area contributed by atoms with E-state index >= 15 is 0 Å². The van der Waals surface area contributed by atoms with Gasteiger partial charge in [0.15, 0.2) is 0 Å². The van der Waals surface area contributed by atoms with Gasteiger partial charge in [-0.05, 0) is 48.7 Å². The van der Waals surface area contributed by atoms with Crippen molar-refractivity contribution in [2.45, 2.75) is 25.9 Å². The minimum atomic E-state index is -0.284. The van der Waals surface area contributed by atoms with Crippen LogP contribution in [-0.4, -0.2) is 15.5 Å². The number of imidazole rings is 1. The van der Waals surface area contributed by atoms with E-state index in [1.807, 2.05) is 66.7 Å². The van der Waals surface area contributed by atoms with Gasteiger partial charge in [0.05, 0.1) is 17.1 Å². The molecule has 0 saturated carbocycles. The standard InChI is InChI=1S/C30H27N3O/c1-22-16-18-24(19-17-22)21-33-28-15-9-8-14-26(28)31-29(33)27(20-23-10-4-2-5-11-23)32-30(34)25-12-6-3-7-13-25/h2-19,27H,20-21H2,1H3,(H,32,34)/t27-/m1/s1. The molecule has 0 aliphatic heterocycles. The third-order valence-electron chi connectivity index (χ3n) is 6.08. The summed E-state index contributed by atoms with van der Waals surface area (Å²) < 4.78 is 2.24. The van der Waals surface area contributed by atoms with Gasteiger partial charge in [0.1, 0.15) is 5.82 Å². The maximum atomic E-state index is 13.2. The first-order chi connectivity index (χ1) is 16.7. The van der Waals surface area contributed by atoms with Crippen molar-refractivity contribution in [3.05, 3.63) is 137 Å². The molecule has 0 radical (unpaired) electrons. The van der Waals surface area contributed by atoms with Crippen LogP contribution < -0.4 is 5.32 Å². The van der Waals surface area contributed by atoms with Crippen LogP contribution in [0, 0.1) is 6.92 Å². The number of carbonyl (C=O) groups excluding carboxylic acids is 1. The highest BCUT2D eigenvalue weighted by Gasteiger charge is 2.23. The monoisotopic (exact) mass is 445 g/mol. The lowest BCUT2D eigenvalue weighted by Gasteiger charge is -2.21. The highest BCUT2D eigenvalue weighted by atomic mass is 16.1. The Bertz CT molecular complexity index is 1390. The molecule has 168 valence electrons. The summed E-state index contributed by atoms with van der Waals surface area (Å²) in [4.78, 5) is 18.2. The van der Waals surface area contributed by atoms with Gasteiger partial charge in [-0.2, -0.15) is 0 Å². The van der Waals surface area contributed by atoms with Gasteiger partial charge in [-0.3, -0.25) is 4.79 Å². The molecule has 0 unspecified atom stereocenters. The highest BCUT2D eigenvalue weighted by Crippen LogP contribution is 2.25. The van der Waals surface area contributed by atoms with Gasteiger partial charge >= 0.3 is 0 Å². The minimum absolute atomic E-state index is 0.101. The summed E-state index contributed by atoms with van der Waals surface area (Å²) in [7, 11) is 0. The number of rotatable bonds is 7. The largest absolute Gasteiger partial charge is 0.342 e. The summed E-state index contributed by atoms with van der Waals surface area (Å²) in [6.07, 6.45) is 0.649. The van der Waals surface area contributed by atoms with E-state index in [9.17, 15) is 4.79 Å². The Kier molecular flexibility index (Phi) is 6.21. The van der Waals surface area contributed by atoms with E-state index in [1.54, 1.807) is 0 Å². The van der Waals surface area contributed by atoms with Crippen molar-refractivity contribution < 1.29 is 4.79 Å². The fraction of sp³-hybridized carbons (Fsp3) is 0.133. The van der Waals surface area contributed by atoms with E-state index in [0.717, 1.165) is 22.4 Å². The van der Waals surface area contributed by atoms with Gasteiger partial charge in [-0.25, -0.2) is 4.98 Å². The molecule has 5 aromatic rings. The van der Waals surface area contributed by atoms with E-state index in [0.29, 0.717) is 18.5 Å². The van der Waals surface area contributed by atoms with Gasteiger partial charge in [0.25, 0.3) is 5.91 Å². The predicted molar refractivity (Wildman–Crippen MR) is 137 cm³/mol. The third-order valence-corrected chi connectivity index (χ3v) is 6.08. The summed E-state index contributed by atoms with van der Waals surface area (Å²) in [5, 5.41) is 3.27. The van der Waals surface area contributed by atoms with E-state index in [4.69, 9.17) is 4.98 Å². The number of hydrogen-bond donors (Lipinski definition) is 1. The lowest BCUT2D eigenvalue weighted by molar-refractivity contribution is 0.0934. The molecule has 0 fully saturated rings. The predicted octanol–water partition coefficient (Wildman–Crippen LogP) is 6.11. The number of hydrogen-bond acceptors (Lipinski definition) is 2. The van der Waals surface area contributed by atoms with E-state index < -0.39 is 0 Å². The van der Waals surface area contributed by atoms with Crippen molar-refractivity contribution in [3.63, 3.8) is 0 Å². The maximum Gasteiger partial charge on any atom is 0.251 e. The number of fused-ring (bicyclic) bond motifs is 1. The van der Waals surface area contributed by atoms with Gasteiger partial charge in [0, 0.05) is 12.1 Å². The quantitative estimate of drug-likeness (QED) is 0.329. The number of nitrogens with one attached hydrogen (secondary N) is 1. The molecule has 4 aromatic carbocycles. The molecular weight excluding hydrogens is 418 g/mol. The van der Waals surface area contributed by atoms with Crippen molar-refractivity contribution in [3.8, 4) is 0 Å². The molecular formula is C30H27N3O. The van der Waals surface area contributed by atoms with Crippen molar-refractivity contribution in [2.24, 2.45) is 0 Å². The van der Waals surface area contributed by atoms with Gasteiger partial charge < -0.3 is 9.88 Å². The molecule has 1 N–H and O–H groups in total. The fourth-order valence-electron chi connectivity index (χ4n) is 4.29. The van der Waals surface area contributed by atoms with E-state index in [2.05, 4.69) is 59.3 Å². The number of amides is 1. The fourth-order valence-corrected chi connectivity index (χ4v) is 4.29. The molecule has 0 saturated heterocycles. The molecule has 4 nitrogen and oxygen atoms in total. The Morgan fingerprint density at radius 2 is 1.44 bits per heavy atom. The average molecular weight is 446 g/mol. The van der Waals surface area contributed by atoms with Crippen LogP contribution in [0.15, 0.2) is 109 Å². The first-order valence-electron chi connectivity index (χ1n) is 11.6. The molecule has 1 heterocycles. The second-order valence-electron chi connectivity index (χ2n) is 8.61. The molecule has 0 spiro atoms. The number of carbonyl (C=O) groups is 1. The van der Waals surface area contributed by atoms with Crippen LogP contribution in [0.4, 0.5) is 0 Å². The van der Waals surface area contributed by atoms with Crippen LogP contribution in [0.3, 0.4) is 0 Å². The molecule has 1 amide bonds. The zero-order valence-electron chi connectivity index (χ0n) is 19.2. The minimum Gasteiger partial charge on any atom is -0.342 e. The van der Waals surface area contributed by atoms with Crippen molar-refractivity contribution in [2.75, 3.05) is 0 Å². The van der Waals surface area contributed by atoms with Gasteiger partial charge in [0.2, 0.25) is 0 Å². The Balaban J connectivity index is 1.57. The second-order valence-corrected chi connectivity index (χ2v) is 8.61. The summed E-state index contributed by atoms with van der Waals surface area (Å²) in [5.74, 6) is 0.755. The summed E-state index contributed by atoms with van der Waals surface area (Å²) >= 11 is 0.